The van der Waals surface area contributed by atoms with Crippen LogP contribution in [0.25, 0.3) is 0 Å². The van der Waals surface area contributed by atoms with Gasteiger partial charge >= 0.3 is 0 Å². The Labute approximate surface area is 77.5 Å². The summed E-state index contributed by atoms with van der Waals surface area (Å²) in [7, 11) is 0. The molecule has 0 saturated heterocycles. The van der Waals surface area contributed by atoms with Crippen LogP contribution in [0.3, 0.4) is 0 Å². The van der Waals surface area contributed by atoms with Gasteiger partial charge in [-0.3, -0.25) is 0 Å². The van der Waals surface area contributed by atoms with Gasteiger partial charge < -0.3 is 5.73 Å². The van der Waals surface area contributed by atoms with Gasteiger partial charge in [-0.2, -0.15) is 5.26 Å². The lowest BCUT2D eigenvalue weighted by Crippen LogP contribution is -1.98. The van der Waals surface area contributed by atoms with Crippen LogP contribution >= 0.6 is 23.2 Å². The van der Waals surface area contributed by atoms with Crippen molar-refractivity contribution in [2.45, 2.75) is 0 Å². The van der Waals surface area contributed by atoms with Gasteiger partial charge in [-0.1, -0.05) is 23.2 Å². The zero-order valence-corrected chi connectivity index (χ0v) is 7.12. The summed E-state index contributed by atoms with van der Waals surface area (Å²) in [4.78, 5) is 3.37. The van der Waals surface area contributed by atoms with E-state index in [1.165, 1.54) is 0 Å². The number of nitrogens with two attached hydrogens (primary N) is 1. The number of nitrogen functional groups attached to an aromatic ring is 1. The fraction of sp³-hybridized carbons (Fsp3) is 0. The maximum absolute atomic E-state index is 12.8. The molecule has 6 heteroatoms. The molecule has 0 amide bonds. The fourth-order valence-corrected chi connectivity index (χ4v) is 0.959. The van der Waals surface area contributed by atoms with Gasteiger partial charge in [-0.15, -0.1) is 0 Å². The summed E-state index contributed by atoms with van der Waals surface area (Å²) in [6.45, 7) is 0. The second-order valence-corrected chi connectivity index (χ2v) is 2.64. The molecule has 0 unspecified atom stereocenters. The van der Waals surface area contributed by atoms with E-state index in [0.717, 1.165) is 0 Å². The number of rotatable bonds is 0. The van der Waals surface area contributed by atoms with Crippen LogP contribution in [-0.4, -0.2) is 4.98 Å². The van der Waals surface area contributed by atoms with E-state index in [4.69, 9.17) is 34.2 Å². The van der Waals surface area contributed by atoms with Crippen molar-refractivity contribution >= 4 is 28.9 Å². The molecule has 0 saturated carbocycles. The number of nitrogens with zero attached hydrogens (tertiary/aromatic N) is 2. The van der Waals surface area contributed by atoms with Crippen molar-refractivity contribution in [2.75, 3.05) is 5.73 Å². The maximum atomic E-state index is 12.8. The Morgan fingerprint density at radius 1 is 1.50 bits per heavy atom. The number of halogens is 3. The van der Waals surface area contributed by atoms with Crippen LogP contribution in [0.5, 0.6) is 0 Å². The highest BCUT2D eigenvalue weighted by molar-refractivity contribution is 6.35. The highest BCUT2D eigenvalue weighted by Crippen LogP contribution is 2.28. The van der Waals surface area contributed by atoms with Gasteiger partial charge in [-0.05, 0) is 0 Å². The first-order valence-electron chi connectivity index (χ1n) is 2.78. The van der Waals surface area contributed by atoms with Crippen LogP contribution in [0.1, 0.15) is 5.69 Å². The Morgan fingerprint density at radius 2 is 2.08 bits per heavy atom. The average Bonchev–Trinajstić information content (AvgIpc) is 2.08. The second kappa shape index (κ2) is 3.13. The normalized spacial score (nSPS) is 9.50. The molecule has 0 radical (unpaired) electrons. The highest BCUT2D eigenvalue weighted by Gasteiger charge is 2.14. The predicted molar refractivity (Wildman–Crippen MR) is 43.3 cm³/mol. The minimum Gasteiger partial charge on any atom is -0.395 e. The van der Waals surface area contributed by atoms with Crippen molar-refractivity contribution in [2.24, 2.45) is 0 Å². The first kappa shape index (κ1) is 9.04. The highest BCUT2D eigenvalue weighted by atomic mass is 35.5. The quantitative estimate of drug-likeness (QED) is 0.660. The number of pyridine rings is 1. The molecule has 1 heterocycles. The van der Waals surface area contributed by atoms with Crippen molar-refractivity contribution in [3.05, 3.63) is 21.7 Å². The van der Waals surface area contributed by atoms with Crippen molar-refractivity contribution < 1.29 is 4.39 Å². The third kappa shape index (κ3) is 1.29. The van der Waals surface area contributed by atoms with E-state index in [-0.39, 0.29) is 16.4 Å². The van der Waals surface area contributed by atoms with Crippen molar-refractivity contribution in [3.8, 4) is 6.07 Å². The van der Waals surface area contributed by atoms with Gasteiger partial charge in [0, 0.05) is 0 Å². The molecular weight excluding hydrogens is 204 g/mol. The average molecular weight is 206 g/mol. The Hall–Kier alpha value is -1.05. The summed E-state index contributed by atoms with van der Waals surface area (Å²) in [6, 6.07) is 1.63. The SMILES string of the molecule is N#Cc1nc(Cl)c(F)c(N)c1Cl. The smallest absolute Gasteiger partial charge is 0.184 e. The molecule has 2 N–H and O–H groups in total. The zero-order chi connectivity index (χ0) is 9.30. The predicted octanol–water partition coefficient (Wildman–Crippen LogP) is 1.98. The molecular formula is C6H2Cl2FN3. The second-order valence-electron chi connectivity index (χ2n) is 1.90. The van der Waals surface area contributed by atoms with Gasteiger partial charge in [-0.25, -0.2) is 9.37 Å². The Kier molecular flexibility index (Phi) is 2.36. The number of hydrogen-bond donors (Lipinski definition) is 1. The van der Waals surface area contributed by atoms with Crippen LogP contribution < -0.4 is 5.73 Å². The third-order valence-corrected chi connectivity index (χ3v) is 1.81. The Balaban J connectivity index is 3.52. The van der Waals surface area contributed by atoms with E-state index in [9.17, 15) is 4.39 Å². The van der Waals surface area contributed by atoms with Gasteiger partial charge in [0.1, 0.15) is 11.1 Å². The van der Waals surface area contributed by atoms with Gasteiger partial charge in [0.25, 0.3) is 0 Å². The topological polar surface area (TPSA) is 62.7 Å². The summed E-state index contributed by atoms with van der Waals surface area (Å²) >= 11 is 10.8. The van der Waals surface area contributed by atoms with E-state index in [2.05, 4.69) is 4.98 Å². The minimum absolute atomic E-state index is 0.180. The van der Waals surface area contributed by atoms with Crippen molar-refractivity contribution in [3.63, 3.8) is 0 Å². The number of anilines is 1. The largest absolute Gasteiger partial charge is 0.395 e. The van der Waals surface area contributed by atoms with Gasteiger partial charge in [0.05, 0.1) is 5.69 Å². The van der Waals surface area contributed by atoms with Crippen LogP contribution in [0.4, 0.5) is 10.1 Å². The standard InChI is InChI=1S/C6H2Cl2FN3/c7-3-2(1-10)12-6(8)4(9)5(3)11/h(H2,11,12). The lowest BCUT2D eigenvalue weighted by Gasteiger charge is -2.01. The number of hydrogen-bond acceptors (Lipinski definition) is 3. The third-order valence-electron chi connectivity index (χ3n) is 1.18. The van der Waals surface area contributed by atoms with E-state index < -0.39 is 11.0 Å². The molecule has 0 aromatic carbocycles. The maximum Gasteiger partial charge on any atom is 0.184 e. The molecule has 0 atom stereocenters. The molecule has 1 aromatic rings. The first-order valence-corrected chi connectivity index (χ1v) is 3.53. The minimum atomic E-state index is -0.902. The summed E-state index contributed by atoms with van der Waals surface area (Å²) in [5.74, 6) is -0.902. The molecule has 0 aliphatic carbocycles. The molecule has 0 spiro atoms. The van der Waals surface area contributed by atoms with E-state index in [0.29, 0.717) is 0 Å². The first-order chi connectivity index (χ1) is 5.57. The molecule has 0 bridgehead atoms. The Morgan fingerprint density at radius 3 is 2.58 bits per heavy atom. The van der Waals surface area contributed by atoms with Gasteiger partial charge in [0.15, 0.2) is 16.7 Å². The van der Waals surface area contributed by atoms with Crippen LogP contribution in [0.15, 0.2) is 0 Å². The number of nitriles is 1. The molecule has 0 aliphatic heterocycles. The number of aromatic nitrogens is 1. The fourth-order valence-electron chi connectivity index (χ4n) is 0.605. The zero-order valence-electron chi connectivity index (χ0n) is 5.61. The lowest BCUT2D eigenvalue weighted by molar-refractivity contribution is 0.626. The summed E-state index contributed by atoms with van der Waals surface area (Å²) in [5, 5.41) is 7.77. The van der Waals surface area contributed by atoms with Crippen LogP contribution in [0.2, 0.25) is 10.2 Å². The van der Waals surface area contributed by atoms with Crippen molar-refractivity contribution in [1.82, 2.24) is 4.98 Å². The summed E-state index contributed by atoms with van der Waals surface area (Å²) in [6.07, 6.45) is 0. The molecule has 62 valence electrons. The lowest BCUT2D eigenvalue weighted by atomic mass is 10.3. The van der Waals surface area contributed by atoms with Gasteiger partial charge in [0.2, 0.25) is 0 Å². The summed E-state index contributed by atoms with van der Waals surface area (Å²) < 4.78 is 12.8. The molecule has 3 nitrogen and oxygen atoms in total. The Bertz CT molecular complexity index is 372. The molecule has 12 heavy (non-hydrogen) atoms. The van der Waals surface area contributed by atoms with Crippen LogP contribution in [-0.2, 0) is 0 Å². The van der Waals surface area contributed by atoms with E-state index in [1.54, 1.807) is 6.07 Å². The summed E-state index contributed by atoms with van der Waals surface area (Å²) in [5.41, 5.74) is 4.64. The van der Waals surface area contributed by atoms with Crippen molar-refractivity contribution in [1.29, 1.82) is 5.26 Å². The molecule has 0 aliphatic rings. The van der Waals surface area contributed by atoms with E-state index >= 15 is 0 Å². The molecule has 0 fully saturated rings. The monoisotopic (exact) mass is 205 g/mol. The molecule has 1 aromatic heterocycles. The molecule has 1 rings (SSSR count). The van der Waals surface area contributed by atoms with Crippen LogP contribution in [0, 0.1) is 17.1 Å². The van der Waals surface area contributed by atoms with E-state index in [1.807, 2.05) is 0 Å².